The average Bonchev–Trinajstić information content (AvgIpc) is 2.74. The molecule has 0 saturated heterocycles. The van der Waals surface area contributed by atoms with E-state index in [-0.39, 0.29) is 0 Å². The van der Waals surface area contributed by atoms with Gasteiger partial charge in [-0.1, -0.05) is 6.07 Å². The lowest BCUT2D eigenvalue weighted by molar-refractivity contribution is 0.809. The molecule has 0 unspecified atom stereocenters. The molecule has 5 heteroatoms. The fourth-order valence-electron chi connectivity index (χ4n) is 1.62. The van der Waals surface area contributed by atoms with E-state index in [1.807, 2.05) is 22.9 Å². The minimum Gasteiger partial charge on any atom is -0.311 e. The Labute approximate surface area is 91.8 Å². The molecule has 78 valence electrons. The van der Waals surface area contributed by atoms with Crippen LogP contribution in [0.5, 0.6) is 0 Å². The van der Waals surface area contributed by atoms with Crippen molar-refractivity contribution >= 4 is 11.2 Å². The topological polar surface area (TPSA) is 56.5 Å². The van der Waals surface area contributed by atoms with Crippen molar-refractivity contribution in [3.05, 3.63) is 48.9 Å². The predicted molar refractivity (Wildman–Crippen MR) is 58.7 cm³/mol. The number of imidazole rings is 1. The van der Waals surface area contributed by atoms with E-state index < -0.39 is 0 Å². The molecular weight excluding hydrogens is 202 g/mol. The summed E-state index contributed by atoms with van der Waals surface area (Å²) in [6.45, 7) is 0.724. The van der Waals surface area contributed by atoms with Crippen molar-refractivity contribution in [3.8, 4) is 0 Å². The van der Waals surface area contributed by atoms with E-state index in [2.05, 4.69) is 19.9 Å². The number of rotatable bonds is 2. The molecule has 0 aliphatic heterocycles. The molecule has 16 heavy (non-hydrogen) atoms. The number of aromatic nitrogens is 5. The van der Waals surface area contributed by atoms with Gasteiger partial charge in [-0.05, 0) is 11.6 Å². The van der Waals surface area contributed by atoms with Gasteiger partial charge in [0.1, 0.15) is 11.8 Å². The number of pyridine rings is 1. The maximum absolute atomic E-state index is 4.23. The van der Waals surface area contributed by atoms with Gasteiger partial charge in [0.05, 0.1) is 19.1 Å². The van der Waals surface area contributed by atoms with Crippen molar-refractivity contribution in [2.75, 3.05) is 0 Å². The first-order valence-corrected chi connectivity index (χ1v) is 4.93. The standard InChI is InChI=1S/C11H9N5/c1-2-9(4-12-3-1)6-16-8-15-10-5-13-7-14-11(10)16/h1-5,7-8H,6H2. The lowest BCUT2D eigenvalue weighted by Crippen LogP contribution is -1.99. The Morgan fingerprint density at radius 3 is 3.00 bits per heavy atom. The first kappa shape index (κ1) is 8.96. The molecule has 0 fully saturated rings. The Balaban J connectivity index is 2.01. The second kappa shape index (κ2) is 3.69. The maximum Gasteiger partial charge on any atom is 0.163 e. The first-order valence-electron chi connectivity index (χ1n) is 4.93. The van der Waals surface area contributed by atoms with Crippen LogP contribution in [0, 0.1) is 0 Å². The van der Waals surface area contributed by atoms with Crippen molar-refractivity contribution in [2.45, 2.75) is 6.54 Å². The molecule has 3 heterocycles. The highest BCUT2D eigenvalue weighted by Crippen LogP contribution is 2.09. The Hall–Kier alpha value is -2.30. The lowest BCUT2D eigenvalue weighted by atomic mass is 10.3. The summed E-state index contributed by atoms with van der Waals surface area (Å²) in [6, 6.07) is 3.95. The smallest absolute Gasteiger partial charge is 0.163 e. The van der Waals surface area contributed by atoms with E-state index in [9.17, 15) is 0 Å². The van der Waals surface area contributed by atoms with Gasteiger partial charge in [-0.3, -0.25) is 4.98 Å². The largest absolute Gasteiger partial charge is 0.311 e. The molecule has 5 nitrogen and oxygen atoms in total. The molecule has 0 spiro atoms. The predicted octanol–water partition coefficient (Wildman–Crippen LogP) is 1.27. The van der Waals surface area contributed by atoms with Gasteiger partial charge in [-0.15, -0.1) is 0 Å². The van der Waals surface area contributed by atoms with Gasteiger partial charge in [0.2, 0.25) is 0 Å². The lowest BCUT2D eigenvalue weighted by Gasteiger charge is -2.02. The zero-order valence-electron chi connectivity index (χ0n) is 8.48. The minimum atomic E-state index is 0.724. The third-order valence-corrected chi connectivity index (χ3v) is 2.36. The van der Waals surface area contributed by atoms with Gasteiger partial charge in [-0.25, -0.2) is 15.0 Å². The molecule has 0 atom stereocenters. The first-order chi connectivity index (χ1) is 7.93. The van der Waals surface area contributed by atoms with Crippen LogP contribution >= 0.6 is 0 Å². The fraction of sp³-hybridized carbons (Fsp3) is 0.0909. The van der Waals surface area contributed by atoms with Gasteiger partial charge in [-0.2, -0.15) is 0 Å². The van der Waals surface area contributed by atoms with E-state index in [0.29, 0.717) is 0 Å². The van der Waals surface area contributed by atoms with Gasteiger partial charge >= 0.3 is 0 Å². The molecule has 0 saturated carbocycles. The van der Waals surface area contributed by atoms with Crippen LogP contribution in [-0.2, 0) is 6.54 Å². The maximum atomic E-state index is 4.23. The summed E-state index contributed by atoms with van der Waals surface area (Å²) in [7, 11) is 0. The number of nitrogens with zero attached hydrogens (tertiary/aromatic N) is 5. The molecule has 0 aliphatic carbocycles. The SMILES string of the molecule is c1cncc(Cn2cnc3cncnc32)c1. The highest BCUT2D eigenvalue weighted by Gasteiger charge is 2.03. The number of hydrogen-bond acceptors (Lipinski definition) is 4. The van der Waals surface area contributed by atoms with Crippen LogP contribution in [-0.4, -0.2) is 24.5 Å². The van der Waals surface area contributed by atoms with Crippen molar-refractivity contribution < 1.29 is 0 Å². The highest BCUT2D eigenvalue weighted by atomic mass is 15.1. The van der Waals surface area contributed by atoms with Crippen LogP contribution in [0.2, 0.25) is 0 Å². The Morgan fingerprint density at radius 1 is 1.12 bits per heavy atom. The third kappa shape index (κ3) is 1.52. The van der Waals surface area contributed by atoms with E-state index in [4.69, 9.17) is 0 Å². The normalized spacial score (nSPS) is 10.8. The highest BCUT2D eigenvalue weighted by molar-refractivity contribution is 5.68. The second-order valence-electron chi connectivity index (χ2n) is 3.47. The summed E-state index contributed by atoms with van der Waals surface area (Å²) in [5, 5.41) is 0. The molecule has 0 radical (unpaired) electrons. The summed E-state index contributed by atoms with van der Waals surface area (Å²) in [4.78, 5) is 16.5. The summed E-state index contributed by atoms with van der Waals surface area (Å²) < 4.78 is 1.98. The van der Waals surface area contributed by atoms with Crippen LogP contribution in [0.3, 0.4) is 0 Å². The number of hydrogen-bond donors (Lipinski definition) is 0. The Morgan fingerprint density at radius 2 is 2.12 bits per heavy atom. The van der Waals surface area contributed by atoms with E-state index >= 15 is 0 Å². The minimum absolute atomic E-state index is 0.724. The van der Waals surface area contributed by atoms with Crippen molar-refractivity contribution in [1.82, 2.24) is 24.5 Å². The van der Waals surface area contributed by atoms with Crippen LogP contribution in [0.1, 0.15) is 5.56 Å². The van der Waals surface area contributed by atoms with Crippen LogP contribution in [0.15, 0.2) is 43.4 Å². The van der Waals surface area contributed by atoms with Crippen LogP contribution in [0.4, 0.5) is 0 Å². The Bertz CT molecular complexity index is 602. The van der Waals surface area contributed by atoms with E-state index in [1.165, 1.54) is 6.33 Å². The molecule has 0 aromatic carbocycles. The monoisotopic (exact) mass is 211 g/mol. The van der Waals surface area contributed by atoms with Crippen molar-refractivity contribution in [2.24, 2.45) is 0 Å². The van der Waals surface area contributed by atoms with E-state index in [1.54, 1.807) is 18.7 Å². The van der Waals surface area contributed by atoms with Crippen molar-refractivity contribution in [3.63, 3.8) is 0 Å². The molecule has 0 aliphatic rings. The molecule has 3 aromatic heterocycles. The number of fused-ring (bicyclic) bond motifs is 1. The van der Waals surface area contributed by atoms with Gasteiger partial charge in [0.25, 0.3) is 0 Å². The molecule has 0 N–H and O–H groups in total. The summed E-state index contributed by atoms with van der Waals surface area (Å²) in [6.07, 6.45) is 8.61. The third-order valence-electron chi connectivity index (χ3n) is 2.36. The van der Waals surface area contributed by atoms with Gasteiger partial charge in [0.15, 0.2) is 5.65 Å². The fourth-order valence-corrected chi connectivity index (χ4v) is 1.62. The molecular formula is C11H9N5. The molecule has 3 rings (SSSR count). The summed E-state index contributed by atoms with van der Waals surface area (Å²) in [5.74, 6) is 0. The molecule has 3 aromatic rings. The zero-order chi connectivity index (χ0) is 10.8. The Kier molecular flexibility index (Phi) is 2.07. The summed E-state index contributed by atoms with van der Waals surface area (Å²) in [5.41, 5.74) is 2.78. The van der Waals surface area contributed by atoms with Crippen LogP contribution < -0.4 is 0 Å². The quantitative estimate of drug-likeness (QED) is 0.640. The van der Waals surface area contributed by atoms with E-state index in [0.717, 1.165) is 23.3 Å². The molecule has 0 amide bonds. The molecule has 0 bridgehead atoms. The average molecular weight is 211 g/mol. The van der Waals surface area contributed by atoms with Crippen molar-refractivity contribution in [1.29, 1.82) is 0 Å². The summed E-state index contributed by atoms with van der Waals surface area (Å²) >= 11 is 0. The van der Waals surface area contributed by atoms with Gasteiger partial charge < -0.3 is 4.57 Å². The van der Waals surface area contributed by atoms with Gasteiger partial charge in [0, 0.05) is 12.4 Å². The second-order valence-corrected chi connectivity index (χ2v) is 3.47. The van der Waals surface area contributed by atoms with Crippen LogP contribution in [0.25, 0.3) is 11.2 Å². The zero-order valence-corrected chi connectivity index (χ0v) is 8.48.